The highest BCUT2D eigenvalue weighted by Crippen LogP contribution is 2.25. The zero-order chi connectivity index (χ0) is 11.3. The van der Waals surface area contributed by atoms with E-state index in [1.165, 1.54) is 6.92 Å². The molecule has 2 nitrogen and oxygen atoms in total. The summed E-state index contributed by atoms with van der Waals surface area (Å²) in [5, 5.41) is 2.72. The number of hydrogen-bond acceptors (Lipinski definition) is 2. The van der Waals surface area contributed by atoms with Crippen molar-refractivity contribution >= 4 is 5.69 Å². The zero-order valence-electron chi connectivity index (χ0n) is 8.84. The second kappa shape index (κ2) is 5.53. The molecule has 1 aromatic carbocycles. The van der Waals surface area contributed by atoms with Gasteiger partial charge in [-0.1, -0.05) is 12.1 Å². The third-order valence-electron chi connectivity index (χ3n) is 1.95. The maximum absolute atomic E-state index is 12.3. The monoisotopic (exact) mass is 215 g/mol. The average molecular weight is 215 g/mol. The maximum atomic E-state index is 12.3. The minimum atomic E-state index is -2.39. The first kappa shape index (κ1) is 11.8. The van der Waals surface area contributed by atoms with E-state index in [9.17, 15) is 8.78 Å². The molecule has 0 aliphatic rings. The number of ether oxygens (including phenoxy) is 1. The van der Waals surface area contributed by atoms with Gasteiger partial charge in [0.25, 0.3) is 6.43 Å². The smallest absolute Gasteiger partial charge is 0.258 e. The molecule has 0 saturated carbocycles. The molecule has 15 heavy (non-hydrogen) atoms. The van der Waals surface area contributed by atoms with Crippen molar-refractivity contribution < 1.29 is 13.5 Å². The van der Waals surface area contributed by atoms with Gasteiger partial charge in [0.1, 0.15) is 5.75 Å². The van der Waals surface area contributed by atoms with E-state index in [-0.39, 0.29) is 0 Å². The summed E-state index contributed by atoms with van der Waals surface area (Å²) >= 11 is 0. The van der Waals surface area contributed by atoms with Crippen LogP contribution in [-0.2, 0) is 0 Å². The number of halogens is 2. The fraction of sp³-hybridized carbons (Fsp3) is 0.455. The highest BCUT2D eigenvalue weighted by atomic mass is 19.3. The molecule has 0 saturated heterocycles. The van der Waals surface area contributed by atoms with Gasteiger partial charge in [-0.2, -0.15) is 0 Å². The van der Waals surface area contributed by atoms with Crippen LogP contribution in [0.25, 0.3) is 0 Å². The summed E-state index contributed by atoms with van der Waals surface area (Å²) in [5.41, 5.74) is 0.604. The Labute approximate surface area is 88.3 Å². The number of alkyl halides is 2. The second-order valence-corrected chi connectivity index (χ2v) is 3.20. The molecule has 0 bridgehead atoms. The van der Waals surface area contributed by atoms with Crippen LogP contribution in [0.3, 0.4) is 0 Å². The predicted molar refractivity (Wildman–Crippen MR) is 56.7 cm³/mol. The molecule has 0 aliphatic heterocycles. The lowest BCUT2D eigenvalue weighted by Gasteiger charge is -2.17. The Bertz CT molecular complexity index is 304. The lowest BCUT2D eigenvalue weighted by atomic mass is 10.2. The largest absolute Gasteiger partial charge is 0.492 e. The maximum Gasteiger partial charge on any atom is 0.258 e. The fourth-order valence-electron chi connectivity index (χ4n) is 1.18. The fourth-order valence-corrected chi connectivity index (χ4v) is 1.18. The first-order chi connectivity index (χ1) is 7.15. The van der Waals surface area contributed by atoms with Crippen LogP contribution in [0.1, 0.15) is 13.8 Å². The van der Waals surface area contributed by atoms with Crippen LogP contribution >= 0.6 is 0 Å². The Balaban J connectivity index is 2.74. The Morgan fingerprint density at radius 3 is 2.60 bits per heavy atom. The molecule has 0 aliphatic carbocycles. The van der Waals surface area contributed by atoms with E-state index < -0.39 is 12.5 Å². The average Bonchev–Trinajstić information content (AvgIpc) is 2.21. The Hall–Kier alpha value is -1.32. The molecule has 0 aromatic heterocycles. The van der Waals surface area contributed by atoms with Crippen LogP contribution in [0.5, 0.6) is 5.75 Å². The first-order valence-corrected chi connectivity index (χ1v) is 4.91. The van der Waals surface area contributed by atoms with Gasteiger partial charge in [-0.15, -0.1) is 0 Å². The van der Waals surface area contributed by atoms with Crippen molar-refractivity contribution in [2.24, 2.45) is 0 Å². The van der Waals surface area contributed by atoms with Gasteiger partial charge in [-0.25, -0.2) is 8.78 Å². The summed E-state index contributed by atoms with van der Waals surface area (Å²) in [6.07, 6.45) is -2.39. The van der Waals surface area contributed by atoms with Gasteiger partial charge in [0.2, 0.25) is 0 Å². The first-order valence-electron chi connectivity index (χ1n) is 4.91. The summed E-state index contributed by atoms with van der Waals surface area (Å²) in [4.78, 5) is 0. The molecule has 84 valence electrons. The molecule has 1 unspecified atom stereocenters. The molecule has 1 aromatic rings. The summed E-state index contributed by atoms with van der Waals surface area (Å²) in [5.74, 6) is 0.604. The summed E-state index contributed by atoms with van der Waals surface area (Å²) < 4.78 is 30.0. The van der Waals surface area contributed by atoms with Crippen molar-refractivity contribution in [2.75, 3.05) is 11.9 Å². The van der Waals surface area contributed by atoms with Crippen LogP contribution in [0.2, 0.25) is 0 Å². The quantitative estimate of drug-likeness (QED) is 0.814. The number of hydrogen-bond donors (Lipinski definition) is 1. The molecule has 0 amide bonds. The molecule has 4 heteroatoms. The van der Waals surface area contributed by atoms with Crippen molar-refractivity contribution in [1.29, 1.82) is 0 Å². The van der Waals surface area contributed by atoms with Crippen LogP contribution < -0.4 is 10.1 Å². The van der Waals surface area contributed by atoms with E-state index in [4.69, 9.17) is 4.74 Å². The molecule has 0 radical (unpaired) electrons. The van der Waals surface area contributed by atoms with E-state index in [0.29, 0.717) is 18.0 Å². The minimum Gasteiger partial charge on any atom is -0.492 e. The number of anilines is 1. The van der Waals surface area contributed by atoms with Crippen molar-refractivity contribution in [3.05, 3.63) is 24.3 Å². The molecular weight excluding hydrogens is 200 g/mol. The van der Waals surface area contributed by atoms with Crippen LogP contribution in [0, 0.1) is 0 Å². The van der Waals surface area contributed by atoms with Crippen molar-refractivity contribution in [3.63, 3.8) is 0 Å². The molecule has 0 spiro atoms. The summed E-state index contributed by atoms with van der Waals surface area (Å²) in [7, 11) is 0. The summed E-state index contributed by atoms with van der Waals surface area (Å²) in [6.45, 7) is 3.81. The second-order valence-electron chi connectivity index (χ2n) is 3.20. The van der Waals surface area contributed by atoms with Gasteiger partial charge in [0.15, 0.2) is 0 Å². The minimum absolute atomic E-state index is 0.516. The van der Waals surface area contributed by atoms with Crippen molar-refractivity contribution in [3.8, 4) is 5.75 Å². The van der Waals surface area contributed by atoms with Gasteiger partial charge in [-0.05, 0) is 26.0 Å². The highest BCUT2D eigenvalue weighted by molar-refractivity contribution is 5.56. The molecule has 0 heterocycles. The van der Waals surface area contributed by atoms with Crippen LogP contribution in [0.4, 0.5) is 14.5 Å². The van der Waals surface area contributed by atoms with Crippen LogP contribution in [-0.4, -0.2) is 19.1 Å². The van der Waals surface area contributed by atoms with Gasteiger partial charge < -0.3 is 10.1 Å². The number of rotatable bonds is 5. The topological polar surface area (TPSA) is 21.3 Å². The van der Waals surface area contributed by atoms with Gasteiger partial charge in [0, 0.05) is 0 Å². The highest BCUT2D eigenvalue weighted by Gasteiger charge is 2.15. The van der Waals surface area contributed by atoms with E-state index in [2.05, 4.69) is 5.32 Å². The molecular formula is C11H15F2NO. The predicted octanol–water partition coefficient (Wildman–Crippen LogP) is 3.15. The normalized spacial score (nSPS) is 12.6. The Kier molecular flexibility index (Phi) is 4.34. The summed E-state index contributed by atoms with van der Waals surface area (Å²) in [6, 6.07) is 6.19. The van der Waals surface area contributed by atoms with Crippen LogP contribution in [0.15, 0.2) is 24.3 Å². The molecule has 1 atom stereocenters. The van der Waals surface area contributed by atoms with E-state index in [1.807, 2.05) is 13.0 Å². The van der Waals surface area contributed by atoms with Gasteiger partial charge in [-0.3, -0.25) is 0 Å². The lowest BCUT2D eigenvalue weighted by Crippen LogP contribution is -2.24. The Morgan fingerprint density at radius 1 is 1.33 bits per heavy atom. The Morgan fingerprint density at radius 2 is 2.00 bits per heavy atom. The van der Waals surface area contributed by atoms with E-state index in [1.54, 1.807) is 18.2 Å². The molecule has 1 rings (SSSR count). The van der Waals surface area contributed by atoms with Gasteiger partial charge >= 0.3 is 0 Å². The SMILES string of the molecule is CCOc1ccccc1NC(C)C(F)F. The standard InChI is InChI=1S/C11H15F2NO/c1-3-15-10-7-5-4-6-9(10)14-8(2)11(12)13/h4-8,11,14H,3H2,1-2H3. The number of para-hydroxylation sites is 2. The van der Waals surface area contributed by atoms with Crippen molar-refractivity contribution in [2.45, 2.75) is 26.3 Å². The van der Waals surface area contributed by atoms with E-state index >= 15 is 0 Å². The molecule has 0 fully saturated rings. The number of nitrogens with one attached hydrogen (secondary N) is 1. The molecule has 1 N–H and O–H groups in total. The van der Waals surface area contributed by atoms with E-state index in [0.717, 1.165) is 0 Å². The lowest BCUT2D eigenvalue weighted by molar-refractivity contribution is 0.130. The zero-order valence-corrected chi connectivity index (χ0v) is 8.84. The number of benzene rings is 1. The third-order valence-corrected chi connectivity index (χ3v) is 1.95. The van der Waals surface area contributed by atoms with Gasteiger partial charge in [0.05, 0.1) is 18.3 Å². The van der Waals surface area contributed by atoms with Crippen molar-refractivity contribution in [1.82, 2.24) is 0 Å². The third kappa shape index (κ3) is 3.38.